The number of hydrogen-bond donors (Lipinski definition) is 1. The maximum Gasteiger partial charge on any atom is 0.307 e. The van der Waals surface area contributed by atoms with Gasteiger partial charge in [0.25, 0.3) is 0 Å². The van der Waals surface area contributed by atoms with E-state index in [1.165, 1.54) is 4.90 Å². The Bertz CT molecular complexity index is 1930. The molecular formula is C41H55N3O9S. The first-order chi connectivity index (χ1) is 25.4. The highest BCUT2D eigenvalue weighted by Gasteiger charge is 2.62. The fraction of sp³-hybridized carbons (Fsp3) is 0.634. The minimum Gasteiger partial charge on any atom is -0.496 e. The third-order valence-electron chi connectivity index (χ3n) is 11.8. The molecule has 294 valence electrons. The number of ketones is 1. The van der Waals surface area contributed by atoms with Crippen molar-refractivity contribution >= 4 is 44.4 Å². The van der Waals surface area contributed by atoms with Crippen LogP contribution in [0.4, 0.5) is 0 Å². The van der Waals surface area contributed by atoms with Crippen molar-refractivity contribution in [1.29, 1.82) is 0 Å². The van der Waals surface area contributed by atoms with Crippen molar-refractivity contribution in [2.24, 2.45) is 29.1 Å². The number of sulfonamides is 1. The summed E-state index contributed by atoms with van der Waals surface area (Å²) in [4.78, 5) is 62.7. The Labute approximate surface area is 318 Å². The molecule has 1 saturated heterocycles. The molecule has 1 aromatic carbocycles. The summed E-state index contributed by atoms with van der Waals surface area (Å²) in [6.45, 7) is 11.1. The first kappa shape index (κ1) is 39.7. The Balaban J connectivity index is 1.35. The molecule has 2 aliphatic heterocycles. The summed E-state index contributed by atoms with van der Waals surface area (Å²) in [5.41, 5.74) is -2.01. The summed E-state index contributed by atoms with van der Waals surface area (Å²) >= 11 is 0. The fourth-order valence-corrected chi connectivity index (χ4v) is 9.56. The number of carbonyl (C=O) groups is 4. The number of allylic oxidation sites excluding steroid dienone is 2. The second-order valence-corrected chi connectivity index (χ2v) is 19.6. The topological polar surface area (TPSA) is 158 Å². The van der Waals surface area contributed by atoms with E-state index in [1.54, 1.807) is 41.0 Å². The van der Waals surface area contributed by atoms with Gasteiger partial charge in [0.15, 0.2) is 5.78 Å². The van der Waals surface area contributed by atoms with Crippen molar-refractivity contribution in [3.05, 3.63) is 42.6 Å². The van der Waals surface area contributed by atoms with Crippen LogP contribution >= 0.6 is 0 Å². The molecule has 0 unspecified atom stereocenters. The Morgan fingerprint density at radius 2 is 1.81 bits per heavy atom. The molecule has 7 atom stereocenters. The molecule has 2 saturated carbocycles. The van der Waals surface area contributed by atoms with Crippen LogP contribution in [0.5, 0.6) is 11.6 Å². The van der Waals surface area contributed by atoms with Crippen molar-refractivity contribution < 1.29 is 41.8 Å². The van der Waals surface area contributed by atoms with Crippen LogP contribution < -0.4 is 14.2 Å². The lowest BCUT2D eigenvalue weighted by molar-refractivity contribution is -0.160. The lowest BCUT2D eigenvalue weighted by Gasteiger charge is -2.32. The van der Waals surface area contributed by atoms with Gasteiger partial charge in [-0.25, -0.2) is 13.4 Å². The van der Waals surface area contributed by atoms with Crippen LogP contribution in [0.3, 0.4) is 0 Å². The molecule has 2 aromatic rings. The molecular weight excluding hydrogens is 711 g/mol. The van der Waals surface area contributed by atoms with Gasteiger partial charge in [-0.15, -0.1) is 0 Å². The van der Waals surface area contributed by atoms with Gasteiger partial charge in [0.1, 0.15) is 17.5 Å². The smallest absolute Gasteiger partial charge is 0.307 e. The average molecular weight is 766 g/mol. The largest absolute Gasteiger partial charge is 0.496 e. The number of amides is 2. The minimum absolute atomic E-state index is 0.0552. The summed E-state index contributed by atoms with van der Waals surface area (Å²) < 4.78 is 45.5. The van der Waals surface area contributed by atoms with Crippen molar-refractivity contribution in [3.63, 3.8) is 0 Å². The van der Waals surface area contributed by atoms with E-state index in [4.69, 9.17) is 14.2 Å². The number of esters is 1. The molecule has 2 aliphatic carbocycles. The van der Waals surface area contributed by atoms with Crippen molar-refractivity contribution in [1.82, 2.24) is 14.6 Å². The van der Waals surface area contributed by atoms with Crippen LogP contribution in [0.25, 0.3) is 10.8 Å². The second kappa shape index (κ2) is 14.9. The number of ether oxygens (including phenoxy) is 3. The summed E-state index contributed by atoms with van der Waals surface area (Å²) in [6, 6.07) is 6.38. The number of carbonyl (C=O) groups excluding carboxylic acids is 4. The van der Waals surface area contributed by atoms with E-state index in [1.807, 2.05) is 43.3 Å². The first-order valence-electron chi connectivity index (χ1n) is 19.2. The third-order valence-corrected chi connectivity index (χ3v) is 14.0. The number of nitrogens with one attached hydrogen (secondary N) is 1. The van der Waals surface area contributed by atoms with Crippen LogP contribution in [0.15, 0.2) is 42.6 Å². The van der Waals surface area contributed by atoms with Gasteiger partial charge in [-0.1, -0.05) is 32.1 Å². The van der Waals surface area contributed by atoms with Crippen LogP contribution in [-0.4, -0.2) is 78.0 Å². The van der Waals surface area contributed by atoms with E-state index in [9.17, 15) is 27.6 Å². The molecule has 54 heavy (non-hydrogen) atoms. The van der Waals surface area contributed by atoms with E-state index >= 15 is 0 Å². The number of rotatable bonds is 8. The lowest BCUT2D eigenvalue weighted by Crippen LogP contribution is -2.48. The normalized spacial score (nSPS) is 30.6. The van der Waals surface area contributed by atoms with E-state index in [2.05, 4.69) is 16.6 Å². The predicted molar refractivity (Wildman–Crippen MR) is 203 cm³/mol. The van der Waals surface area contributed by atoms with Gasteiger partial charge >= 0.3 is 5.97 Å². The van der Waals surface area contributed by atoms with E-state index in [-0.39, 0.29) is 55.3 Å². The summed E-state index contributed by atoms with van der Waals surface area (Å²) in [6.07, 6.45) is 8.14. The highest BCUT2D eigenvalue weighted by molar-refractivity contribution is 7.91. The number of benzene rings is 1. The van der Waals surface area contributed by atoms with Crippen LogP contribution in [-0.2, 0) is 33.9 Å². The summed E-state index contributed by atoms with van der Waals surface area (Å²) in [5, 5.41) is 1.50. The van der Waals surface area contributed by atoms with Gasteiger partial charge in [-0.05, 0) is 102 Å². The third kappa shape index (κ3) is 8.30. The average Bonchev–Trinajstić information content (AvgIpc) is 3.97. The van der Waals surface area contributed by atoms with Gasteiger partial charge in [0, 0.05) is 29.8 Å². The highest BCUT2D eigenvalue weighted by Crippen LogP contribution is 2.57. The molecule has 6 rings (SSSR count). The van der Waals surface area contributed by atoms with Crippen LogP contribution in [0.1, 0.15) is 99.3 Å². The molecule has 1 N–H and O–H groups in total. The maximum absolute atomic E-state index is 14.8. The minimum atomic E-state index is -3.95. The monoisotopic (exact) mass is 765 g/mol. The zero-order valence-corrected chi connectivity index (χ0v) is 33.4. The summed E-state index contributed by atoms with van der Waals surface area (Å²) in [5.74, 6) is -1.99. The van der Waals surface area contributed by atoms with Gasteiger partial charge in [-0.3, -0.25) is 23.9 Å². The molecule has 2 amide bonds. The number of pyridine rings is 1. The number of aromatic nitrogens is 1. The zero-order valence-electron chi connectivity index (χ0n) is 32.6. The highest BCUT2D eigenvalue weighted by atomic mass is 32.2. The van der Waals surface area contributed by atoms with Gasteiger partial charge < -0.3 is 19.1 Å². The van der Waals surface area contributed by atoms with Gasteiger partial charge in [0.05, 0.1) is 42.2 Å². The Morgan fingerprint density at radius 3 is 2.50 bits per heavy atom. The van der Waals surface area contributed by atoms with E-state index in [0.29, 0.717) is 42.7 Å². The molecule has 1 aromatic heterocycles. The van der Waals surface area contributed by atoms with E-state index < -0.39 is 55.7 Å². The van der Waals surface area contributed by atoms with Crippen molar-refractivity contribution in [3.8, 4) is 11.6 Å². The molecule has 4 aliphatic rings. The molecule has 0 spiro atoms. The number of fused-ring (bicyclic) bond motifs is 3. The Morgan fingerprint density at radius 1 is 1.07 bits per heavy atom. The number of hydrogen-bond acceptors (Lipinski definition) is 10. The molecule has 12 nitrogen and oxygen atoms in total. The van der Waals surface area contributed by atoms with Crippen molar-refractivity contribution in [2.45, 2.75) is 122 Å². The molecule has 0 bridgehead atoms. The van der Waals surface area contributed by atoms with Crippen LogP contribution in [0, 0.1) is 29.1 Å². The fourth-order valence-electron chi connectivity index (χ4n) is 8.23. The van der Waals surface area contributed by atoms with Crippen LogP contribution in [0.2, 0.25) is 0 Å². The SMILES string of the molecule is COc1cccc2c(O[C@@H]3C[C@H]4C(=O)C[C@]5(C(=O)NS(=O)(=O)C6(C)CC6)C[C@H]5/C=C\CC[C@H](C)C[C@@H](C)[C@H](CC(=O)OC(C)(C)C)C(=O)N4C3)nccc12. The molecule has 3 fully saturated rings. The zero-order chi connectivity index (χ0) is 39.2. The van der Waals surface area contributed by atoms with Crippen molar-refractivity contribution in [2.75, 3.05) is 13.7 Å². The Hall–Kier alpha value is -4.00. The van der Waals surface area contributed by atoms with Gasteiger partial charge in [0.2, 0.25) is 27.7 Å². The number of methoxy groups -OCH3 is 1. The number of nitrogens with zero attached hydrogens (tertiary/aromatic N) is 2. The molecule has 3 heterocycles. The number of Topliss-reactive ketones (excluding diaryl/α,β-unsaturated/α-hetero) is 1. The first-order valence-corrected chi connectivity index (χ1v) is 20.7. The Kier molecular flexibility index (Phi) is 11.0. The van der Waals surface area contributed by atoms with E-state index in [0.717, 1.165) is 18.2 Å². The maximum atomic E-state index is 14.8. The lowest BCUT2D eigenvalue weighted by atomic mass is 9.82. The van der Waals surface area contributed by atoms with Gasteiger partial charge in [-0.2, -0.15) is 0 Å². The quantitative estimate of drug-likeness (QED) is 0.253. The standard InChI is InChI=1S/C41H55N3O9S/c1-25-11-8-9-12-27-22-41(27,38(48)43-54(49,50)40(6)16-17-40)23-33(45)32-20-28(52-36-30-13-10-14-34(51-7)29(30)15-18-42-36)24-44(32)37(47)31(26(2)19-25)21-35(46)53-39(3,4)5/h9-10,12-15,18,25-28,31-32H,8,11,16-17,19-24H2,1-7H3,(H,43,48)/b12-9-/t25-,26+,27+,28+,31-,32-,41+/m0/s1. The second-order valence-electron chi connectivity index (χ2n) is 17.4. The molecule has 0 radical (unpaired) electrons. The summed E-state index contributed by atoms with van der Waals surface area (Å²) in [7, 11) is -2.36. The predicted octanol–water partition coefficient (Wildman–Crippen LogP) is 5.92. The molecule has 13 heteroatoms.